The first-order valence-electron chi connectivity index (χ1n) is 6.49. The molecule has 0 fully saturated rings. The first kappa shape index (κ1) is 12.5. The molecule has 0 atom stereocenters. The third-order valence-corrected chi connectivity index (χ3v) is 3.45. The van der Waals surface area contributed by atoms with Crippen molar-refractivity contribution < 1.29 is 14.6 Å². The molecule has 0 aliphatic rings. The quantitative estimate of drug-likeness (QED) is 0.528. The molecule has 0 aliphatic carbocycles. The topological polar surface area (TPSA) is 46.2 Å². The lowest BCUT2D eigenvalue weighted by molar-refractivity contribution is 0.0689. The van der Waals surface area contributed by atoms with Gasteiger partial charge in [0.1, 0.15) is 0 Å². The van der Waals surface area contributed by atoms with E-state index in [1.165, 1.54) is 0 Å². The van der Waals surface area contributed by atoms with Crippen LogP contribution in [0, 0.1) is 0 Å². The molecule has 0 bridgehead atoms. The molecule has 0 unspecified atom stereocenters. The van der Waals surface area contributed by atoms with Gasteiger partial charge in [-0.15, -0.1) is 0 Å². The number of carbonyl (C=O) groups excluding carboxylic acids is 1. The minimum Gasteiger partial charge on any atom is -0.431 e. The van der Waals surface area contributed by atoms with Crippen molar-refractivity contribution in [3.8, 4) is 0 Å². The van der Waals surface area contributed by atoms with Crippen LogP contribution in [0.5, 0.6) is 0 Å². The van der Waals surface area contributed by atoms with Gasteiger partial charge in [-0.1, -0.05) is 48.5 Å². The summed E-state index contributed by atoms with van der Waals surface area (Å²) >= 11 is 0. The summed E-state index contributed by atoms with van der Waals surface area (Å²) in [5, 5.41) is 14.9. The maximum Gasteiger partial charge on any atom is 0.550 e. The highest BCUT2D eigenvalue weighted by molar-refractivity contribution is 6.02. The summed E-state index contributed by atoms with van der Waals surface area (Å²) < 4.78 is 4.55. The van der Waals surface area contributed by atoms with Crippen LogP contribution >= 0.6 is 0 Å². The highest BCUT2D eigenvalue weighted by Crippen LogP contribution is 2.28. The molecule has 0 saturated heterocycles. The SMILES string of the molecule is [O]C(=O)OCCc1c2ccccc2cc2ccccc12. The predicted molar refractivity (Wildman–Crippen MR) is 77.2 cm³/mol. The van der Waals surface area contributed by atoms with E-state index in [-0.39, 0.29) is 6.61 Å². The van der Waals surface area contributed by atoms with Crippen LogP contribution < -0.4 is 0 Å². The zero-order valence-electron chi connectivity index (χ0n) is 10.8. The first-order chi connectivity index (χ1) is 9.75. The van der Waals surface area contributed by atoms with Crippen molar-refractivity contribution in [3.63, 3.8) is 0 Å². The van der Waals surface area contributed by atoms with Crippen molar-refractivity contribution in [2.24, 2.45) is 0 Å². The summed E-state index contributed by atoms with van der Waals surface area (Å²) in [6.45, 7) is 0.111. The highest BCUT2D eigenvalue weighted by atomic mass is 16.7. The number of hydrogen-bond donors (Lipinski definition) is 0. The van der Waals surface area contributed by atoms with Gasteiger partial charge in [0.2, 0.25) is 0 Å². The molecule has 0 heterocycles. The maximum atomic E-state index is 10.4. The molecule has 99 valence electrons. The van der Waals surface area contributed by atoms with E-state index in [1.54, 1.807) is 0 Å². The van der Waals surface area contributed by atoms with E-state index in [1.807, 2.05) is 24.3 Å². The van der Waals surface area contributed by atoms with Crippen molar-refractivity contribution >= 4 is 27.7 Å². The fourth-order valence-electron chi connectivity index (χ4n) is 2.61. The third-order valence-electron chi connectivity index (χ3n) is 3.45. The first-order valence-corrected chi connectivity index (χ1v) is 6.49. The van der Waals surface area contributed by atoms with Gasteiger partial charge in [-0.25, -0.2) is 0 Å². The second-order valence-electron chi connectivity index (χ2n) is 4.65. The molecule has 3 heteroatoms. The lowest BCUT2D eigenvalue weighted by Crippen LogP contribution is -2.04. The molecule has 0 aromatic heterocycles. The van der Waals surface area contributed by atoms with E-state index < -0.39 is 6.16 Å². The van der Waals surface area contributed by atoms with Crippen LogP contribution in [0.2, 0.25) is 0 Å². The average molecular weight is 265 g/mol. The molecule has 3 aromatic rings. The van der Waals surface area contributed by atoms with Crippen LogP contribution in [0.4, 0.5) is 4.79 Å². The van der Waals surface area contributed by atoms with Crippen molar-refractivity contribution in [3.05, 3.63) is 60.2 Å². The van der Waals surface area contributed by atoms with E-state index >= 15 is 0 Å². The fraction of sp³-hybridized carbons (Fsp3) is 0.118. The molecular formula is C17H13O3. The minimum atomic E-state index is -1.48. The summed E-state index contributed by atoms with van der Waals surface area (Å²) in [7, 11) is 0. The number of hydrogen-bond acceptors (Lipinski definition) is 2. The number of benzene rings is 3. The minimum absolute atomic E-state index is 0.111. The molecule has 0 spiro atoms. The maximum absolute atomic E-state index is 10.4. The second kappa shape index (κ2) is 5.21. The van der Waals surface area contributed by atoms with Crippen LogP contribution in [0.15, 0.2) is 54.6 Å². The Bertz CT molecular complexity index is 723. The molecule has 0 saturated carbocycles. The number of fused-ring (bicyclic) bond motifs is 2. The van der Waals surface area contributed by atoms with E-state index in [2.05, 4.69) is 35.1 Å². The monoisotopic (exact) mass is 265 g/mol. The Kier molecular flexibility index (Phi) is 3.25. The molecule has 0 aliphatic heterocycles. The fourth-order valence-corrected chi connectivity index (χ4v) is 2.61. The molecule has 3 rings (SSSR count). The lowest BCUT2D eigenvalue weighted by atomic mass is 9.95. The molecule has 3 nitrogen and oxygen atoms in total. The normalized spacial score (nSPS) is 10.8. The van der Waals surface area contributed by atoms with Gasteiger partial charge in [0.05, 0.1) is 6.61 Å². The molecule has 0 N–H and O–H groups in total. The largest absolute Gasteiger partial charge is 0.550 e. The van der Waals surface area contributed by atoms with Crippen LogP contribution in [-0.4, -0.2) is 12.8 Å². The highest BCUT2D eigenvalue weighted by Gasteiger charge is 2.08. The molecule has 20 heavy (non-hydrogen) atoms. The van der Waals surface area contributed by atoms with E-state index in [9.17, 15) is 9.90 Å². The van der Waals surface area contributed by atoms with Crippen molar-refractivity contribution in [1.82, 2.24) is 0 Å². The Morgan fingerprint density at radius 3 is 2.00 bits per heavy atom. The lowest BCUT2D eigenvalue weighted by Gasteiger charge is -2.11. The smallest absolute Gasteiger partial charge is 0.431 e. The predicted octanol–water partition coefficient (Wildman–Crippen LogP) is 4.10. The zero-order valence-corrected chi connectivity index (χ0v) is 10.8. The van der Waals surface area contributed by atoms with Crippen molar-refractivity contribution in [1.29, 1.82) is 0 Å². The third kappa shape index (κ3) is 2.30. The standard InChI is InChI=1S/C17H13O3/c18-17(19)20-10-9-16-14-7-3-1-5-12(14)11-13-6-2-4-8-15(13)16/h1-8,11H,9-10H2. The van der Waals surface area contributed by atoms with Gasteiger partial charge in [-0.2, -0.15) is 9.90 Å². The summed E-state index contributed by atoms with van der Waals surface area (Å²) in [5.74, 6) is 0. The Morgan fingerprint density at radius 2 is 1.45 bits per heavy atom. The Hall–Kier alpha value is -2.55. The van der Waals surface area contributed by atoms with E-state index in [0.29, 0.717) is 6.42 Å². The van der Waals surface area contributed by atoms with E-state index in [0.717, 1.165) is 27.1 Å². The summed E-state index contributed by atoms with van der Waals surface area (Å²) in [5.41, 5.74) is 1.11. The van der Waals surface area contributed by atoms with Gasteiger partial charge in [0.15, 0.2) is 0 Å². The van der Waals surface area contributed by atoms with Gasteiger partial charge in [0.25, 0.3) is 0 Å². The number of ether oxygens (including phenoxy) is 1. The van der Waals surface area contributed by atoms with Gasteiger partial charge < -0.3 is 4.74 Å². The summed E-state index contributed by atoms with van der Waals surface area (Å²) in [6, 6.07) is 18.3. The zero-order chi connectivity index (χ0) is 13.9. The Labute approximate surface area is 116 Å². The number of rotatable bonds is 3. The van der Waals surface area contributed by atoms with Crippen LogP contribution in [0.3, 0.4) is 0 Å². The molecular weight excluding hydrogens is 252 g/mol. The van der Waals surface area contributed by atoms with Gasteiger partial charge in [-0.3, -0.25) is 0 Å². The van der Waals surface area contributed by atoms with Crippen molar-refractivity contribution in [2.75, 3.05) is 6.61 Å². The second-order valence-corrected chi connectivity index (χ2v) is 4.65. The average Bonchev–Trinajstić information content (AvgIpc) is 2.46. The number of carbonyl (C=O) groups is 1. The van der Waals surface area contributed by atoms with Crippen LogP contribution in [-0.2, 0) is 16.3 Å². The molecule has 3 aromatic carbocycles. The van der Waals surface area contributed by atoms with Gasteiger partial charge in [-0.05, 0) is 33.2 Å². The molecule has 0 amide bonds. The summed E-state index contributed by atoms with van der Waals surface area (Å²) in [4.78, 5) is 10.4. The van der Waals surface area contributed by atoms with Crippen LogP contribution in [0.1, 0.15) is 5.56 Å². The van der Waals surface area contributed by atoms with Gasteiger partial charge in [0, 0.05) is 6.42 Å². The Balaban J connectivity index is 2.15. The molecule has 1 radical (unpaired) electrons. The van der Waals surface area contributed by atoms with Crippen LogP contribution in [0.25, 0.3) is 21.5 Å². The van der Waals surface area contributed by atoms with Crippen molar-refractivity contribution in [2.45, 2.75) is 6.42 Å². The van der Waals surface area contributed by atoms with E-state index in [4.69, 9.17) is 0 Å². The summed E-state index contributed by atoms with van der Waals surface area (Å²) in [6.07, 6.45) is -0.940. The van der Waals surface area contributed by atoms with Gasteiger partial charge >= 0.3 is 6.16 Å². The Morgan fingerprint density at radius 1 is 0.900 bits per heavy atom.